The molecule has 0 saturated heterocycles. The zero-order valence-electron chi connectivity index (χ0n) is 10.3. The van der Waals surface area contributed by atoms with Crippen LogP contribution in [0.1, 0.15) is 32.1 Å². The van der Waals surface area contributed by atoms with Crippen LogP contribution < -0.4 is 0 Å². The normalized spacial score (nSPS) is 10.7. The minimum absolute atomic E-state index is 0.480. The fourth-order valence-corrected chi connectivity index (χ4v) is 2.16. The lowest BCUT2D eigenvalue weighted by molar-refractivity contribution is 0.599. The third kappa shape index (κ3) is 2.90. The van der Waals surface area contributed by atoms with E-state index in [1.807, 2.05) is 39.8 Å². The molecular formula is C13H15BrClNO. The monoisotopic (exact) mass is 315 g/mol. The molecule has 2 rings (SSSR count). The van der Waals surface area contributed by atoms with Gasteiger partial charge in [0.2, 0.25) is 0 Å². The Hall–Kier alpha value is -0.800. The molecule has 0 saturated carbocycles. The van der Waals surface area contributed by atoms with Gasteiger partial charge < -0.3 is 4.42 Å². The smallest absolute Gasteiger partial charge is 0.157 e. The van der Waals surface area contributed by atoms with Crippen molar-refractivity contribution in [3.63, 3.8) is 0 Å². The van der Waals surface area contributed by atoms with Crippen molar-refractivity contribution in [2.24, 2.45) is 0 Å². The molecule has 0 amide bonds. The Balaban J connectivity index is 0.000000686. The van der Waals surface area contributed by atoms with Crippen LogP contribution in [0.25, 0.3) is 17.2 Å². The van der Waals surface area contributed by atoms with Crippen molar-refractivity contribution < 1.29 is 4.42 Å². The number of halogens is 2. The maximum Gasteiger partial charge on any atom is 0.157 e. The number of pyridine rings is 1. The van der Waals surface area contributed by atoms with Gasteiger partial charge in [0.25, 0.3) is 0 Å². The summed E-state index contributed by atoms with van der Waals surface area (Å²) in [6.07, 6.45) is 3.80. The molecule has 0 aromatic carbocycles. The summed E-state index contributed by atoms with van der Waals surface area (Å²) in [5, 5.41) is 0.480. The first kappa shape index (κ1) is 14.3. The van der Waals surface area contributed by atoms with Gasteiger partial charge in [0, 0.05) is 0 Å². The Morgan fingerprint density at radius 2 is 2.06 bits per heavy atom. The maximum absolute atomic E-state index is 5.89. The van der Waals surface area contributed by atoms with Crippen molar-refractivity contribution in [2.75, 3.05) is 0 Å². The van der Waals surface area contributed by atoms with Crippen LogP contribution >= 0.6 is 27.5 Å². The average Bonchev–Trinajstić information content (AvgIpc) is 2.61. The first-order chi connectivity index (χ1) is 8.13. The van der Waals surface area contributed by atoms with Gasteiger partial charge in [-0.05, 0) is 47.5 Å². The largest absolute Gasteiger partial charge is 0.454 e. The first-order valence-corrected chi connectivity index (χ1v) is 6.68. The molecule has 0 aliphatic rings. The Morgan fingerprint density at radius 3 is 2.65 bits per heavy atom. The van der Waals surface area contributed by atoms with Crippen LogP contribution in [0.2, 0.25) is 5.15 Å². The number of aromatic nitrogens is 1. The summed E-state index contributed by atoms with van der Waals surface area (Å²) >= 11 is 9.35. The van der Waals surface area contributed by atoms with Gasteiger partial charge in [0.05, 0.1) is 4.47 Å². The molecule has 0 N–H and O–H groups in total. The molecule has 0 spiro atoms. The molecule has 0 aliphatic heterocycles. The zero-order valence-corrected chi connectivity index (χ0v) is 12.7. The molecule has 0 fully saturated rings. The Bertz CT molecular complexity index is 546. The van der Waals surface area contributed by atoms with Crippen LogP contribution in [0.15, 0.2) is 21.0 Å². The van der Waals surface area contributed by atoms with E-state index in [4.69, 9.17) is 16.0 Å². The molecule has 2 aromatic rings. The SMILES string of the molecule is C/C=C\c1oc2c(C)cc(Cl)nc2c1Br.CC. The van der Waals surface area contributed by atoms with Crippen LogP contribution in [0.4, 0.5) is 0 Å². The number of rotatable bonds is 1. The van der Waals surface area contributed by atoms with E-state index in [1.54, 1.807) is 6.07 Å². The van der Waals surface area contributed by atoms with Gasteiger partial charge in [-0.15, -0.1) is 0 Å². The van der Waals surface area contributed by atoms with Crippen molar-refractivity contribution in [2.45, 2.75) is 27.7 Å². The molecule has 0 aliphatic carbocycles. The summed E-state index contributed by atoms with van der Waals surface area (Å²) in [5.74, 6) is 0.769. The standard InChI is InChI=1S/C11H9BrClNO.C2H6/c1-3-4-7-9(12)10-11(15-7)6(2)5-8(13)14-10;1-2/h3-5H,1-2H3;1-2H3/b4-3-;. The number of hydrogen-bond donors (Lipinski definition) is 0. The second kappa shape index (κ2) is 6.22. The van der Waals surface area contributed by atoms with E-state index in [1.165, 1.54) is 0 Å². The lowest BCUT2D eigenvalue weighted by Crippen LogP contribution is -1.79. The predicted octanol–water partition coefficient (Wildman–Crippen LogP) is 5.61. The third-order valence-electron chi connectivity index (χ3n) is 2.08. The highest BCUT2D eigenvalue weighted by atomic mass is 79.9. The summed E-state index contributed by atoms with van der Waals surface area (Å²) in [7, 11) is 0. The second-order valence-corrected chi connectivity index (χ2v) is 4.40. The van der Waals surface area contributed by atoms with Crippen LogP contribution in [0.3, 0.4) is 0 Å². The molecule has 2 aromatic heterocycles. The van der Waals surface area contributed by atoms with E-state index in [0.717, 1.165) is 26.9 Å². The Morgan fingerprint density at radius 1 is 1.41 bits per heavy atom. The second-order valence-electron chi connectivity index (χ2n) is 3.22. The Labute approximate surface area is 115 Å². The third-order valence-corrected chi connectivity index (χ3v) is 3.04. The summed E-state index contributed by atoms with van der Waals surface area (Å²) < 4.78 is 6.52. The van der Waals surface area contributed by atoms with Crippen molar-refractivity contribution in [1.29, 1.82) is 0 Å². The molecule has 0 bridgehead atoms. The Kier molecular flexibility index (Phi) is 5.22. The van der Waals surface area contributed by atoms with Gasteiger partial charge in [0.15, 0.2) is 5.58 Å². The van der Waals surface area contributed by atoms with Gasteiger partial charge in [-0.2, -0.15) is 0 Å². The molecule has 17 heavy (non-hydrogen) atoms. The van der Waals surface area contributed by atoms with Gasteiger partial charge in [-0.3, -0.25) is 0 Å². The molecule has 2 heterocycles. The fraction of sp³-hybridized carbons (Fsp3) is 0.308. The van der Waals surface area contributed by atoms with Crippen molar-refractivity contribution >= 4 is 44.7 Å². The molecule has 0 atom stereocenters. The highest BCUT2D eigenvalue weighted by Crippen LogP contribution is 2.33. The highest BCUT2D eigenvalue weighted by molar-refractivity contribution is 9.10. The summed E-state index contributed by atoms with van der Waals surface area (Å²) in [4.78, 5) is 4.23. The predicted molar refractivity (Wildman–Crippen MR) is 77.5 cm³/mol. The van der Waals surface area contributed by atoms with Crippen molar-refractivity contribution in [1.82, 2.24) is 4.98 Å². The van der Waals surface area contributed by atoms with Crippen LogP contribution in [0.5, 0.6) is 0 Å². The molecule has 0 radical (unpaired) electrons. The minimum Gasteiger partial charge on any atom is -0.454 e. The number of furan rings is 1. The van der Waals surface area contributed by atoms with Crippen LogP contribution in [0, 0.1) is 6.92 Å². The summed E-state index contributed by atoms with van der Waals surface area (Å²) in [5.41, 5.74) is 2.54. The number of allylic oxidation sites excluding steroid dienone is 1. The maximum atomic E-state index is 5.89. The topological polar surface area (TPSA) is 26.0 Å². The zero-order chi connectivity index (χ0) is 13.0. The molecule has 2 nitrogen and oxygen atoms in total. The first-order valence-electron chi connectivity index (χ1n) is 5.51. The van der Waals surface area contributed by atoms with Crippen molar-refractivity contribution in [3.05, 3.63) is 33.1 Å². The fourth-order valence-electron chi connectivity index (χ4n) is 1.43. The molecule has 92 valence electrons. The summed E-state index contributed by atoms with van der Waals surface area (Å²) in [6, 6.07) is 1.79. The van der Waals surface area contributed by atoms with E-state index < -0.39 is 0 Å². The number of nitrogens with zero attached hydrogens (tertiary/aromatic N) is 1. The number of fused-ring (bicyclic) bond motifs is 1. The van der Waals surface area contributed by atoms with E-state index >= 15 is 0 Å². The number of hydrogen-bond acceptors (Lipinski definition) is 2. The van der Waals surface area contributed by atoms with Gasteiger partial charge in [-0.1, -0.05) is 31.5 Å². The molecular weight excluding hydrogens is 302 g/mol. The van der Waals surface area contributed by atoms with Crippen molar-refractivity contribution in [3.8, 4) is 0 Å². The van der Waals surface area contributed by atoms with Gasteiger partial charge in [0.1, 0.15) is 16.4 Å². The van der Waals surface area contributed by atoms with Gasteiger partial charge in [-0.25, -0.2) is 4.98 Å². The lowest BCUT2D eigenvalue weighted by atomic mass is 10.2. The quantitative estimate of drug-likeness (QED) is 0.639. The summed E-state index contributed by atoms with van der Waals surface area (Å²) in [6.45, 7) is 7.89. The minimum atomic E-state index is 0.480. The average molecular weight is 317 g/mol. The van der Waals surface area contributed by atoms with E-state index in [0.29, 0.717) is 5.15 Å². The van der Waals surface area contributed by atoms with E-state index in [2.05, 4.69) is 20.9 Å². The van der Waals surface area contributed by atoms with Crippen LogP contribution in [-0.4, -0.2) is 4.98 Å². The molecule has 4 heteroatoms. The van der Waals surface area contributed by atoms with Gasteiger partial charge >= 0.3 is 0 Å². The van der Waals surface area contributed by atoms with Crippen LogP contribution in [-0.2, 0) is 0 Å². The van der Waals surface area contributed by atoms with E-state index in [-0.39, 0.29) is 0 Å². The number of aryl methyl sites for hydroxylation is 1. The van der Waals surface area contributed by atoms with E-state index in [9.17, 15) is 0 Å². The molecule has 0 unspecified atom stereocenters. The lowest BCUT2D eigenvalue weighted by Gasteiger charge is -1.94. The highest BCUT2D eigenvalue weighted by Gasteiger charge is 2.13.